The van der Waals surface area contributed by atoms with Crippen LogP contribution in [0.15, 0.2) is 36.5 Å². The molecule has 202 valence electrons. The molecule has 7 heteroatoms. The van der Waals surface area contributed by atoms with Crippen molar-refractivity contribution in [1.29, 1.82) is 0 Å². The molecule has 1 heterocycles. The molecule has 0 bridgehead atoms. The Morgan fingerprint density at radius 3 is 1.57 bits per heavy atom. The molecule has 35 heavy (non-hydrogen) atoms. The maximum absolute atomic E-state index is 11.6. The monoisotopic (exact) mass is 494 g/mol. The van der Waals surface area contributed by atoms with E-state index in [9.17, 15) is 14.4 Å². The van der Waals surface area contributed by atoms with E-state index in [0.29, 0.717) is 30.7 Å². The first kappa shape index (κ1) is 35.2. The number of rotatable bonds is 12. The quantitative estimate of drug-likeness (QED) is 0.415. The van der Waals surface area contributed by atoms with Crippen LogP contribution < -0.4 is 0 Å². The Hall–Kier alpha value is -1.93. The fourth-order valence-electron chi connectivity index (χ4n) is 3.05. The summed E-state index contributed by atoms with van der Waals surface area (Å²) >= 11 is 0. The van der Waals surface area contributed by atoms with Crippen molar-refractivity contribution in [3.05, 3.63) is 36.5 Å². The van der Waals surface area contributed by atoms with Gasteiger partial charge in [0.25, 0.3) is 0 Å². The third-order valence-corrected chi connectivity index (χ3v) is 5.06. The van der Waals surface area contributed by atoms with E-state index < -0.39 is 0 Å². The molecule has 1 N–H and O–H groups in total. The number of aliphatic hydroxyl groups is 1. The summed E-state index contributed by atoms with van der Waals surface area (Å²) in [6, 6.07) is 0. The number of likely N-dealkylation sites (N-methyl/N-ethyl adjacent to an activating group) is 1. The molecule has 0 amide bonds. The Balaban J connectivity index is 0. The van der Waals surface area contributed by atoms with Gasteiger partial charge in [-0.3, -0.25) is 19.3 Å². The van der Waals surface area contributed by atoms with Crippen molar-refractivity contribution >= 4 is 17.3 Å². The summed E-state index contributed by atoms with van der Waals surface area (Å²) < 4.78 is 5.23. The maximum atomic E-state index is 11.6. The lowest BCUT2D eigenvalue weighted by molar-refractivity contribution is -0.119. The minimum absolute atomic E-state index is 0.000880. The van der Waals surface area contributed by atoms with E-state index in [2.05, 4.69) is 24.6 Å². The van der Waals surface area contributed by atoms with Gasteiger partial charge in [0.05, 0.1) is 13.2 Å². The van der Waals surface area contributed by atoms with Crippen LogP contribution in [0, 0.1) is 17.8 Å². The van der Waals surface area contributed by atoms with Crippen LogP contribution in [0.1, 0.15) is 48.0 Å². The second-order valence-electron chi connectivity index (χ2n) is 9.97. The number of Topliss-reactive ketones (excluding diaryl/α,β-unsaturated/α-hetero) is 3. The van der Waals surface area contributed by atoms with Crippen LogP contribution >= 0.6 is 0 Å². The summed E-state index contributed by atoms with van der Waals surface area (Å²) in [6.45, 7) is 27.1. The van der Waals surface area contributed by atoms with E-state index in [1.165, 1.54) is 0 Å². The first-order valence-corrected chi connectivity index (χ1v) is 12.4. The fourth-order valence-corrected chi connectivity index (χ4v) is 3.05. The highest BCUT2D eigenvalue weighted by Gasteiger charge is 2.17. The first-order valence-electron chi connectivity index (χ1n) is 12.4. The van der Waals surface area contributed by atoms with Gasteiger partial charge >= 0.3 is 0 Å². The fraction of sp³-hybridized carbons (Fsp3) is 0.679. The van der Waals surface area contributed by atoms with E-state index >= 15 is 0 Å². The molecule has 0 saturated carbocycles. The average Bonchev–Trinajstić information content (AvgIpc) is 2.78. The number of carbonyl (C=O) groups excluding carboxylic acids is 3. The minimum atomic E-state index is -0.000880. The number of carbonyl (C=O) groups is 3. The van der Waals surface area contributed by atoms with Gasteiger partial charge in [-0.15, -0.1) is 0 Å². The second kappa shape index (κ2) is 19.3. The molecular formula is C28H50N2O5. The largest absolute Gasteiger partial charge is 0.396 e. The molecular weight excluding hydrogens is 444 g/mol. The zero-order chi connectivity index (χ0) is 27.7. The number of morpholine rings is 1. The summed E-state index contributed by atoms with van der Waals surface area (Å²) in [6.07, 6.45) is 0.400. The molecule has 0 aromatic carbocycles. The van der Waals surface area contributed by atoms with Gasteiger partial charge in [0, 0.05) is 61.7 Å². The van der Waals surface area contributed by atoms with Crippen LogP contribution in [-0.4, -0.2) is 92.4 Å². The van der Waals surface area contributed by atoms with Gasteiger partial charge in [0.2, 0.25) is 0 Å². The van der Waals surface area contributed by atoms with E-state index in [-0.39, 0.29) is 41.7 Å². The number of hydrogen-bond donors (Lipinski definition) is 1. The Kier molecular flexibility index (Phi) is 19.4. The van der Waals surface area contributed by atoms with E-state index in [1.54, 1.807) is 0 Å². The van der Waals surface area contributed by atoms with Crippen LogP contribution in [0.3, 0.4) is 0 Å². The number of nitrogens with zero attached hydrogens (tertiary/aromatic N) is 2. The van der Waals surface area contributed by atoms with Crippen molar-refractivity contribution in [2.75, 3.05) is 60.1 Å². The molecule has 1 aliphatic heterocycles. The lowest BCUT2D eigenvalue weighted by atomic mass is 10.0. The van der Waals surface area contributed by atoms with Crippen LogP contribution in [0.2, 0.25) is 0 Å². The van der Waals surface area contributed by atoms with Gasteiger partial charge < -0.3 is 14.7 Å². The number of ketones is 3. The third kappa shape index (κ3) is 17.2. The van der Waals surface area contributed by atoms with Gasteiger partial charge in [-0.05, 0) is 26.1 Å². The number of ether oxygens (including phenoxy) is 1. The van der Waals surface area contributed by atoms with Crippen LogP contribution in [0.25, 0.3) is 0 Å². The van der Waals surface area contributed by atoms with Gasteiger partial charge in [0.15, 0.2) is 17.3 Å². The van der Waals surface area contributed by atoms with E-state index in [1.807, 2.05) is 60.5 Å². The summed E-state index contributed by atoms with van der Waals surface area (Å²) in [5, 5.41) is 8.45. The molecule has 0 atom stereocenters. The highest BCUT2D eigenvalue weighted by Crippen LogP contribution is 2.08. The summed E-state index contributed by atoms with van der Waals surface area (Å²) in [7, 11) is 3.86. The van der Waals surface area contributed by atoms with Crippen molar-refractivity contribution in [2.45, 2.75) is 48.0 Å². The molecule has 0 unspecified atom stereocenters. The normalized spacial score (nSPS) is 13.6. The molecule has 1 saturated heterocycles. The zero-order valence-electron chi connectivity index (χ0n) is 23.5. The van der Waals surface area contributed by atoms with Crippen LogP contribution in [-0.2, 0) is 19.1 Å². The summed E-state index contributed by atoms with van der Waals surface area (Å²) in [5.74, 6) is 0.522. The van der Waals surface area contributed by atoms with Crippen LogP contribution in [0.5, 0.6) is 0 Å². The van der Waals surface area contributed by atoms with Crippen molar-refractivity contribution in [3.8, 4) is 0 Å². The topological polar surface area (TPSA) is 87.2 Å². The molecule has 0 aliphatic carbocycles. The number of hydrogen-bond acceptors (Lipinski definition) is 7. The lowest BCUT2D eigenvalue weighted by Crippen LogP contribution is -2.38. The molecule has 0 radical (unpaired) electrons. The van der Waals surface area contributed by atoms with Crippen molar-refractivity contribution in [3.63, 3.8) is 0 Å². The Labute approximate surface area is 213 Å². The van der Waals surface area contributed by atoms with Crippen molar-refractivity contribution in [1.82, 2.24) is 9.80 Å². The highest BCUT2D eigenvalue weighted by molar-refractivity contribution is 5.97. The molecule has 0 aromatic rings. The summed E-state index contributed by atoms with van der Waals surface area (Å²) in [5.41, 5.74) is 1.95. The SMILES string of the molecule is C=C(CCO)C(=O)C(C)C.C=C(CN(C)C)C(=O)C(C)C.C=C(CN1CCOCC1)C(=O)C(C)C. The predicted octanol–water partition coefficient (Wildman–Crippen LogP) is 3.58. The third-order valence-electron chi connectivity index (χ3n) is 5.06. The van der Waals surface area contributed by atoms with Gasteiger partial charge in [-0.2, -0.15) is 0 Å². The minimum Gasteiger partial charge on any atom is -0.396 e. The van der Waals surface area contributed by atoms with E-state index in [4.69, 9.17) is 9.84 Å². The van der Waals surface area contributed by atoms with Crippen molar-refractivity contribution in [2.24, 2.45) is 17.8 Å². The Morgan fingerprint density at radius 1 is 0.800 bits per heavy atom. The average molecular weight is 495 g/mol. The molecule has 0 spiro atoms. The molecule has 1 fully saturated rings. The second-order valence-corrected chi connectivity index (χ2v) is 9.97. The Morgan fingerprint density at radius 2 is 1.20 bits per heavy atom. The smallest absolute Gasteiger partial charge is 0.162 e. The Bertz CT molecular complexity index is 702. The van der Waals surface area contributed by atoms with Gasteiger partial charge in [-0.1, -0.05) is 61.3 Å². The maximum Gasteiger partial charge on any atom is 0.162 e. The standard InChI is InChI=1S/C11H19NO2.C9H17NO.C8H14O2/c1-9(2)11(13)10(3)8-12-4-6-14-7-5-12;1-7(2)9(11)8(3)6-10(4)5;1-6(2)8(10)7(3)4-5-9/h9H,3-8H2,1-2H3;7H,3,6H2,1-2,4-5H3;6,9H,3-5H2,1-2H3. The zero-order valence-corrected chi connectivity index (χ0v) is 23.5. The first-order chi connectivity index (χ1) is 16.1. The highest BCUT2D eigenvalue weighted by atomic mass is 16.5. The van der Waals surface area contributed by atoms with E-state index in [0.717, 1.165) is 31.9 Å². The number of aliphatic hydroxyl groups excluding tert-OH is 1. The summed E-state index contributed by atoms with van der Waals surface area (Å²) in [4.78, 5) is 38.0. The van der Waals surface area contributed by atoms with Crippen LogP contribution in [0.4, 0.5) is 0 Å². The molecule has 0 aromatic heterocycles. The van der Waals surface area contributed by atoms with Gasteiger partial charge in [-0.25, -0.2) is 0 Å². The predicted molar refractivity (Wildman–Crippen MR) is 144 cm³/mol. The molecule has 7 nitrogen and oxygen atoms in total. The van der Waals surface area contributed by atoms with Gasteiger partial charge in [0.1, 0.15) is 0 Å². The van der Waals surface area contributed by atoms with Crippen molar-refractivity contribution < 1.29 is 24.2 Å². The molecule has 1 aliphatic rings. The lowest BCUT2D eigenvalue weighted by Gasteiger charge is -2.27. The molecule has 1 rings (SSSR count).